The van der Waals surface area contributed by atoms with Crippen molar-refractivity contribution < 1.29 is 14.9 Å². The molecule has 1 saturated heterocycles. The van der Waals surface area contributed by atoms with Crippen molar-refractivity contribution in [3.63, 3.8) is 0 Å². The molecule has 7 nitrogen and oxygen atoms in total. The summed E-state index contributed by atoms with van der Waals surface area (Å²) in [4.78, 5) is 25.3. The Bertz CT molecular complexity index is 569. The number of aliphatic hydroxyl groups excluding tert-OH is 2. The van der Waals surface area contributed by atoms with Crippen LogP contribution < -0.4 is 11.2 Å². The topological polar surface area (TPSA) is 105 Å². The lowest BCUT2D eigenvalue weighted by Crippen LogP contribution is -2.37. The molecule has 0 radical (unpaired) electrons. The van der Waals surface area contributed by atoms with E-state index in [9.17, 15) is 14.7 Å². The van der Waals surface area contributed by atoms with Gasteiger partial charge in [0, 0.05) is 11.8 Å². The van der Waals surface area contributed by atoms with Crippen LogP contribution in [-0.4, -0.2) is 50.1 Å². The minimum atomic E-state index is -0.871. The molecular weight excluding hydrogens is 272 g/mol. The summed E-state index contributed by atoms with van der Waals surface area (Å²) < 4.78 is 6.76. The predicted octanol–water partition coefficient (Wildman–Crippen LogP) is -1.17. The summed E-state index contributed by atoms with van der Waals surface area (Å²) in [5.74, 6) is 0. The van der Waals surface area contributed by atoms with E-state index in [-0.39, 0.29) is 11.9 Å². The molecule has 4 atom stereocenters. The number of hydrogen-bond donors (Lipinski definition) is 3. The molecule has 0 aliphatic carbocycles. The van der Waals surface area contributed by atoms with Crippen LogP contribution in [0.1, 0.15) is 11.8 Å². The van der Waals surface area contributed by atoms with E-state index >= 15 is 0 Å². The van der Waals surface area contributed by atoms with Crippen molar-refractivity contribution in [2.45, 2.75) is 30.6 Å². The van der Waals surface area contributed by atoms with Crippen LogP contribution in [0.2, 0.25) is 0 Å². The van der Waals surface area contributed by atoms with Gasteiger partial charge >= 0.3 is 5.69 Å². The van der Waals surface area contributed by atoms with Crippen LogP contribution >= 0.6 is 11.8 Å². The molecule has 8 heteroatoms. The van der Waals surface area contributed by atoms with Gasteiger partial charge in [0.2, 0.25) is 0 Å². The Morgan fingerprint density at radius 2 is 2.21 bits per heavy atom. The van der Waals surface area contributed by atoms with E-state index in [1.807, 2.05) is 0 Å². The fraction of sp³-hybridized carbons (Fsp3) is 0.636. The van der Waals surface area contributed by atoms with Crippen molar-refractivity contribution in [1.29, 1.82) is 0 Å². The molecule has 0 bridgehead atoms. The number of nitrogens with zero attached hydrogens (tertiary/aromatic N) is 1. The van der Waals surface area contributed by atoms with Crippen LogP contribution in [0.5, 0.6) is 0 Å². The minimum absolute atomic E-state index is 0.328. The molecule has 1 aliphatic heterocycles. The summed E-state index contributed by atoms with van der Waals surface area (Å²) in [7, 11) is 0. The lowest BCUT2D eigenvalue weighted by atomic mass is 10.2. The second kappa shape index (κ2) is 5.49. The van der Waals surface area contributed by atoms with Gasteiger partial charge in [-0.2, -0.15) is 11.8 Å². The molecule has 106 valence electrons. The van der Waals surface area contributed by atoms with Crippen molar-refractivity contribution in [2.75, 3.05) is 12.9 Å². The van der Waals surface area contributed by atoms with Crippen LogP contribution in [0.3, 0.4) is 0 Å². The average Bonchev–Trinajstić information content (AvgIpc) is 2.70. The van der Waals surface area contributed by atoms with Gasteiger partial charge in [-0.3, -0.25) is 14.3 Å². The van der Waals surface area contributed by atoms with Crippen LogP contribution in [0.15, 0.2) is 15.8 Å². The first-order chi connectivity index (χ1) is 8.99. The highest BCUT2D eigenvalue weighted by atomic mass is 32.2. The highest BCUT2D eigenvalue weighted by Gasteiger charge is 2.44. The second-order valence-corrected chi connectivity index (χ2v) is 5.43. The van der Waals surface area contributed by atoms with Gasteiger partial charge in [-0.25, -0.2) is 4.79 Å². The van der Waals surface area contributed by atoms with Gasteiger partial charge in [0.25, 0.3) is 5.56 Å². The Morgan fingerprint density at radius 3 is 2.79 bits per heavy atom. The number of ether oxygens (including phenoxy) is 1. The number of thioether (sulfide) groups is 1. The van der Waals surface area contributed by atoms with E-state index in [2.05, 4.69) is 4.98 Å². The maximum atomic E-state index is 11.8. The first kappa shape index (κ1) is 14.3. The van der Waals surface area contributed by atoms with Gasteiger partial charge in [-0.15, -0.1) is 0 Å². The summed E-state index contributed by atoms with van der Waals surface area (Å²) in [5.41, 5.74) is -0.658. The van der Waals surface area contributed by atoms with Crippen molar-refractivity contribution in [3.05, 3.63) is 32.6 Å². The van der Waals surface area contributed by atoms with Gasteiger partial charge in [-0.05, 0) is 13.2 Å². The van der Waals surface area contributed by atoms with Crippen LogP contribution in [0, 0.1) is 6.92 Å². The first-order valence-corrected chi connectivity index (χ1v) is 7.07. The number of aliphatic hydroxyl groups is 2. The fourth-order valence-electron chi connectivity index (χ4n) is 2.12. The number of aromatic nitrogens is 2. The Labute approximate surface area is 113 Å². The Morgan fingerprint density at radius 1 is 1.53 bits per heavy atom. The monoisotopic (exact) mass is 288 g/mol. The van der Waals surface area contributed by atoms with E-state index in [0.717, 1.165) is 0 Å². The van der Waals surface area contributed by atoms with E-state index in [0.29, 0.717) is 5.56 Å². The molecule has 2 heterocycles. The fourth-order valence-corrected chi connectivity index (χ4v) is 3.01. The normalized spacial score (nSPS) is 30.7. The third-order valence-electron chi connectivity index (χ3n) is 3.18. The third-order valence-corrected chi connectivity index (χ3v) is 4.24. The standard InChI is InChI=1S/C11H16N2O5S/c1-5-3-13(11(17)12-9(5)16)10-8(19-2)7(15)6(4-14)18-10/h3,6-8,10,14-15H,4H2,1-2H3,(H,12,16,17)/t6-,7-,8?,10-/m1/s1. The SMILES string of the molecule is CSC1[C@H](n2cc(C)c(=O)[nH]c2=O)O[C@H](CO)[C@H]1O. The number of nitrogens with one attached hydrogen (secondary N) is 1. The van der Waals surface area contributed by atoms with Gasteiger partial charge in [0.15, 0.2) is 6.23 Å². The lowest BCUT2D eigenvalue weighted by molar-refractivity contribution is -0.0457. The van der Waals surface area contributed by atoms with Crippen molar-refractivity contribution in [1.82, 2.24) is 9.55 Å². The molecule has 1 aromatic heterocycles. The maximum absolute atomic E-state index is 11.8. The number of hydrogen-bond acceptors (Lipinski definition) is 6. The zero-order valence-corrected chi connectivity index (χ0v) is 11.4. The molecule has 0 saturated carbocycles. The summed E-state index contributed by atoms with van der Waals surface area (Å²) in [6.07, 6.45) is 0.866. The average molecular weight is 288 g/mol. The van der Waals surface area contributed by atoms with E-state index in [4.69, 9.17) is 9.84 Å². The zero-order chi connectivity index (χ0) is 14.2. The van der Waals surface area contributed by atoms with Crippen LogP contribution in [0.4, 0.5) is 0 Å². The summed E-state index contributed by atoms with van der Waals surface area (Å²) in [6, 6.07) is 0. The molecule has 3 N–H and O–H groups in total. The second-order valence-electron chi connectivity index (χ2n) is 4.42. The molecule has 0 aromatic carbocycles. The predicted molar refractivity (Wildman–Crippen MR) is 70.4 cm³/mol. The number of H-pyrrole nitrogens is 1. The number of aryl methyl sites for hydroxylation is 1. The highest BCUT2D eigenvalue weighted by Crippen LogP contribution is 2.35. The molecule has 1 fully saturated rings. The molecule has 0 spiro atoms. The largest absolute Gasteiger partial charge is 0.394 e. The van der Waals surface area contributed by atoms with Gasteiger partial charge in [-0.1, -0.05) is 0 Å². The van der Waals surface area contributed by atoms with E-state index < -0.39 is 29.7 Å². The Balaban J connectivity index is 2.44. The van der Waals surface area contributed by atoms with Gasteiger partial charge < -0.3 is 14.9 Å². The Kier molecular flexibility index (Phi) is 4.14. The maximum Gasteiger partial charge on any atom is 0.330 e. The van der Waals surface area contributed by atoms with Crippen LogP contribution in [-0.2, 0) is 4.74 Å². The quantitative estimate of drug-likeness (QED) is 0.647. The van der Waals surface area contributed by atoms with Gasteiger partial charge in [0.05, 0.1) is 18.0 Å². The summed E-state index contributed by atoms with van der Waals surface area (Å²) in [6.45, 7) is 1.25. The molecular formula is C11H16N2O5S. The molecule has 2 rings (SSSR count). The van der Waals surface area contributed by atoms with Crippen molar-refractivity contribution in [2.24, 2.45) is 0 Å². The smallest absolute Gasteiger partial charge is 0.330 e. The summed E-state index contributed by atoms with van der Waals surface area (Å²) >= 11 is 1.34. The molecule has 1 unspecified atom stereocenters. The molecule has 1 aliphatic rings. The van der Waals surface area contributed by atoms with Gasteiger partial charge in [0.1, 0.15) is 6.10 Å². The zero-order valence-electron chi connectivity index (χ0n) is 10.6. The Hall–Kier alpha value is -1.09. The molecule has 1 aromatic rings. The number of aromatic amines is 1. The number of rotatable bonds is 3. The van der Waals surface area contributed by atoms with E-state index in [1.54, 1.807) is 13.2 Å². The lowest BCUT2D eigenvalue weighted by Gasteiger charge is -2.20. The first-order valence-electron chi connectivity index (χ1n) is 5.78. The molecule has 0 amide bonds. The van der Waals surface area contributed by atoms with Crippen molar-refractivity contribution in [3.8, 4) is 0 Å². The molecule has 19 heavy (non-hydrogen) atoms. The minimum Gasteiger partial charge on any atom is -0.394 e. The van der Waals surface area contributed by atoms with E-state index in [1.165, 1.54) is 22.5 Å². The van der Waals surface area contributed by atoms with Crippen LogP contribution in [0.25, 0.3) is 0 Å². The third kappa shape index (κ3) is 2.48. The highest BCUT2D eigenvalue weighted by molar-refractivity contribution is 7.99. The summed E-state index contributed by atoms with van der Waals surface area (Å²) in [5, 5.41) is 18.8. The van der Waals surface area contributed by atoms with Crippen molar-refractivity contribution >= 4 is 11.8 Å².